The number of carbonyl (C=O) groups is 3. The molecule has 8 nitrogen and oxygen atoms in total. The van der Waals surface area contributed by atoms with E-state index in [0.717, 1.165) is 23.7 Å². The van der Waals surface area contributed by atoms with E-state index >= 15 is 0 Å². The van der Waals surface area contributed by atoms with Gasteiger partial charge in [0, 0.05) is 19.0 Å². The summed E-state index contributed by atoms with van der Waals surface area (Å²) < 4.78 is 10.4. The first-order valence-corrected chi connectivity index (χ1v) is 13.2. The van der Waals surface area contributed by atoms with Crippen LogP contribution in [0.3, 0.4) is 0 Å². The minimum Gasteiger partial charge on any atom is -0.492 e. The second-order valence-electron chi connectivity index (χ2n) is 8.57. The number of hydrogen-bond acceptors (Lipinski definition) is 7. The summed E-state index contributed by atoms with van der Waals surface area (Å²) in [7, 11) is 1.19. The van der Waals surface area contributed by atoms with E-state index < -0.39 is 23.7 Å². The van der Waals surface area contributed by atoms with Gasteiger partial charge in [0.15, 0.2) is 0 Å². The van der Waals surface area contributed by atoms with E-state index in [2.05, 4.69) is 17.5 Å². The number of methoxy groups -OCH3 is 1. The quantitative estimate of drug-likeness (QED) is 0.421. The van der Waals surface area contributed by atoms with Crippen molar-refractivity contribution in [1.29, 1.82) is 5.26 Å². The number of halogens is 1. The zero-order valence-corrected chi connectivity index (χ0v) is 22.0. The molecule has 2 heterocycles. The number of benzene rings is 2. The Balaban J connectivity index is 1.61. The van der Waals surface area contributed by atoms with Crippen molar-refractivity contribution in [3.05, 3.63) is 74.8 Å². The van der Waals surface area contributed by atoms with Gasteiger partial charge in [0.05, 0.1) is 41.2 Å². The molecule has 0 spiro atoms. The van der Waals surface area contributed by atoms with Gasteiger partial charge in [0.1, 0.15) is 11.7 Å². The summed E-state index contributed by atoms with van der Waals surface area (Å²) in [5.74, 6) is -3.22. The molecule has 4 rings (SSSR count). The predicted molar refractivity (Wildman–Crippen MR) is 140 cm³/mol. The molecule has 2 atom stereocenters. The van der Waals surface area contributed by atoms with E-state index in [-0.39, 0.29) is 22.3 Å². The Morgan fingerprint density at radius 2 is 2.00 bits per heavy atom. The van der Waals surface area contributed by atoms with Crippen LogP contribution in [0.25, 0.3) is 0 Å². The summed E-state index contributed by atoms with van der Waals surface area (Å²) in [5.41, 5.74) is 3.01. The Hall–Kier alpha value is -3.48. The number of nitriles is 1. The third-order valence-electron chi connectivity index (χ3n) is 6.42. The largest absolute Gasteiger partial charge is 0.492 e. The molecule has 0 radical (unpaired) electrons. The van der Waals surface area contributed by atoms with Crippen LogP contribution >= 0.6 is 23.4 Å². The second-order valence-corrected chi connectivity index (χ2v) is 9.96. The summed E-state index contributed by atoms with van der Waals surface area (Å²) in [6.07, 6.45) is 0.775. The molecule has 2 amide bonds. The molecule has 10 heteroatoms. The van der Waals surface area contributed by atoms with E-state index in [1.54, 1.807) is 23.1 Å². The molecule has 192 valence electrons. The second kappa shape index (κ2) is 11.7. The van der Waals surface area contributed by atoms with Crippen LogP contribution in [0.1, 0.15) is 29.5 Å². The number of carbonyl (C=O) groups excluding carboxylic acids is 3. The predicted octanol–water partition coefficient (Wildman–Crippen LogP) is 3.79. The minimum absolute atomic E-state index is 0.0304. The van der Waals surface area contributed by atoms with Crippen molar-refractivity contribution in [2.75, 3.05) is 26.0 Å². The molecule has 0 bridgehead atoms. The maximum atomic E-state index is 13.1. The van der Waals surface area contributed by atoms with Gasteiger partial charge in [-0.05, 0) is 42.2 Å². The fraction of sp³-hybridized carbons (Fsp3) is 0.333. The molecule has 1 N–H and O–H groups in total. The van der Waals surface area contributed by atoms with Crippen LogP contribution in [0, 0.1) is 17.2 Å². The Kier molecular flexibility index (Phi) is 8.41. The zero-order chi connectivity index (χ0) is 26.5. The molecular formula is C27H26ClN3O5S. The highest BCUT2D eigenvalue weighted by Crippen LogP contribution is 2.42. The lowest BCUT2D eigenvalue weighted by atomic mass is 9.78. The molecule has 2 aliphatic heterocycles. The summed E-state index contributed by atoms with van der Waals surface area (Å²) in [6, 6.07) is 15.1. The van der Waals surface area contributed by atoms with Crippen LogP contribution in [0.5, 0.6) is 5.75 Å². The van der Waals surface area contributed by atoms with Gasteiger partial charge in [-0.15, -0.1) is 0 Å². The average Bonchev–Trinajstić information content (AvgIpc) is 2.91. The van der Waals surface area contributed by atoms with Gasteiger partial charge in [-0.2, -0.15) is 5.26 Å². The number of fused-ring (bicyclic) bond motifs is 1. The van der Waals surface area contributed by atoms with E-state index in [9.17, 15) is 19.6 Å². The molecular weight excluding hydrogens is 514 g/mol. The van der Waals surface area contributed by atoms with Crippen molar-refractivity contribution in [2.45, 2.75) is 25.8 Å². The molecule has 2 aromatic carbocycles. The van der Waals surface area contributed by atoms with E-state index in [0.29, 0.717) is 36.0 Å². The van der Waals surface area contributed by atoms with Crippen LogP contribution < -0.4 is 10.1 Å². The van der Waals surface area contributed by atoms with Crippen LogP contribution in [-0.2, 0) is 32.1 Å². The summed E-state index contributed by atoms with van der Waals surface area (Å²) >= 11 is 7.46. The monoisotopic (exact) mass is 539 g/mol. The van der Waals surface area contributed by atoms with E-state index in [1.807, 2.05) is 25.1 Å². The first kappa shape index (κ1) is 26.6. The van der Waals surface area contributed by atoms with Gasteiger partial charge in [0.2, 0.25) is 11.8 Å². The number of esters is 1. The topological polar surface area (TPSA) is 109 Å². The molecule has 37 heavy (non-hydrogen) atoms. The molecule has 0 aromatic heterocycles. The number of nitrogens with zero attached hydrogens (tertiary/aromatic N) is 2. The van der Waals surface area contributed by atoms with Crippen molar-refractivity contribution < 1.29 is 23.9 Å². The fourth-order valence-corrected chi connectivity index (χ4v) is 5.79. The highest BCUT2D eigenvalue weighted by Gasteiger charge is 2.44. The number of nitrogens with one attached hydrogen (secondary N) is 1. The molecule has 0 saturated carbocycles. The summed E-state index contributed by atoms with van der Waals surface area (Å²) in [4.78, 5) is 40.5. The lowest BCUT2D eigenvalue weighted by Crippen LogP contribution is -2.44. The van der Waals surface area contributed by atoms with Crippen LogP contribution in [0.15, 0.2) is 53.1 Å². The Morgan fingerprint density at radius 3 is 2.68 bits per heavy atom. The highest BCUT2D eigenvalue weighted by molar-refractivity contribution is 8.03. The molecule has 2 aliphatic rings. The smallest absolute Gasteiger partial charge is 0.319 e. The first-order valence-electron chi connectivity index (χ1n) is 11.8. The Morgan fingerprint density at radius 1 is 1.24 bits per heavy atom. The van der Waals surface area contributed by atoms with Gasteiger partial charge in [0.25, 0.3) is 0 Å². The number of amides is 2. The number of hydrogen-bond donors (Lipinski definition) is 1. The first-order chi connectivity index (χ1) is 17.9. The number of allylic oxidation sites excluding steroid dienone is 1. The number of thioether (sulfide) groups is 1. The highest BCUT2D eigenvalue weighted by atomic mass is 35.5. The van der Waals surface area contributed by atoms with Crippen LogP contribution in [-0.4, -0.2) is 48.7 Å². The maximum Gasteiger partial charge on any atom is 0.319 e. The summed E-state index contributed by atoms with van der Waals surface area (Å²) in [5, 5.41) is 13.3. The van der Waals surface area contributed by atoms with Gasteiger partial charge < -0.3 is 19.7 Å². The minimum atomic E-state index is -1.28. The third-order valence-corrected chi connectivity index (χ3v) is 7.72. The standard InChI is InChI=1S/C27H26ClN3O5S/c1-3-36-21-9-8-17(12-20(21)28)23-19(13-29)26(30-25(33)24(23)27(34)35-2)37-15-22(32)31-11-10-16-6-4-5-7-18(16)14-31/h4-9,12,23-24H,3,10-11,14-15H2,1-2H3,(H,30,33)/t23-,24-/m1/s1. The number of ether oxygens (including phenoxy) is 2. The Bertz CT molecular complexity index is 1310. The zero-order valence-electron chi connectivity index (χ0n) is 20.5. The molecule has 0 fully saturated rings. The van der Waals surface area contributed by atoms with Crippen molar-refractivity contribution in [1.82, 2.24) is 10.2 Å². The van der Waals surface area contributed by atoms with Crippen LogP contribution in [0.2, 0.25) is 5.02 Å². The summed E-state index contributed by atoms with van der Waals surface area (Å²) in [6.45, 7) is 3.36. The third kappa shape index (κ3) is 5.60. The molecule has 0 saturated heterocycles. The van der Waals surface area contributed by atoms with Gasteiger partial charge in [-0.25, -0.2) is 0 Å². The number of rotatable bonds is 7. The van der Waals surface area contributed by atoms with Gasteiger partial charge in [-0.3, -0.25) is 14.4 Å². The van der Waals surface area contributed by atoms with E-state index in [1.165, 1.54) is 12.7 Å². The van der Waals surface area contributed by atoms with Crippen molar-refractivity contribution in [2.24, 2.45) is 5.92 Å². The fourth-order valence-electron chi connectivity index (χ4n) is 4.60. The Labute approximate surface area is 224 Å². The molecule has 0 unspecified atom stereocenters. The SMILES string of the molecule is CCOc1ccc([C@@H]2C(C#N)=C(SCC(=O)N3CCc4ccccc4C3)NC(=O)[C@@H]2C(=O)OC)cc1Cl. The lowest BCUT2D eigenvalue weighted by molar-refractivity contribution is -0.150. The lowest BCUT2D eigenvalue weighted by Gasteiger charge is -2.32. The van der Waals surface area contributed by atoms with Crippen molar-refractivity contribution in [3.8, 4) is 11.8 Å². The van der Waals surface area contributed by atoms with Gasteiger partial charge in [-0.1, -0.05) is 53.7 Å². The maximum absolute atomic E-state index is 13.1. The molecule has 2 aromatic rings. The van der Waals surface area contributed by atoms with Gasteiger partial charge >= 0.3 is 5.97 Å². The normalized spacial score (nSPS) is 19.0. The molecule has 0 aliphatic carbocycles. The average molecular weight is 540 g/mol. The van der Waals surface area contributed by atoms with Crippen molar-refractivity contribution >= 4 is 41.1 Å². The van der Waals surface area contributed by atoms with Crippen molar-refractivity contribution in [3.63, 3.8) is 0 Å². The van der Waals surface area contributed by atoms with Crippen LogP contribution in [0.4, 0.5) is 0 Å². The van der Waals surface area contributed by atoms with E-state index in [4.69, 9.17) is 21.1 Å².